The fourth-order valence-electron chi connectivity index (χ4n) is 2.66. The standard InChI is InChI=1S/C21H25N3O4/c1-21(2,22)18(20(26)24-27)23-19(25)17-9-7-15(8-10-17)5-3-4-6-16-11-13-28-14-12-16/h7-10,16,18,27H,11-14,22H2,1-2H3,(H,23,25)(H,24,26)/t18-/m1/s1. The summed E-state index contributed by atoms with van der Waals surface area (Å²) in [6.45, 7) is 4.65. The molecule has 2 amide bonds. The SMILES string of the molecule is CC(C)(N)[C@H](NC(=O)c1ccc(C#CC#CC2CCOCC2)cc1)C(=O)NO. The van der Waals surface area contributed by atoms with Gasteiger partial charge in [-0.2, -0.15) is 0 Å². The maximum Gasteiger partial charge on any atom is 0.267 e. The molecule has 7 nitrogen and oxygen atoms in total. The Morgan fingerprint density at radius 2 is 1.86 bits per heavy atom. The summed E-state index contributed by atoms with van der Waals surface area (Å²) in [5, 5.41) is 11.4. The summed E-state index contributed by atoms with van der Waals surface area (Å²) in [7, 11) is 0. The molecule has 1 aliphatic rings. The third-order valence-corrected chi connectivity index (χ3v) is 4.31. The second-order valence-corrected chi connectivity index (χ2v) is 7.19. The highest BCUT2D eigenvalue weighted by Crippen LogP contribution is 2.12. The summed E-state index contributed by atoms with van der Waals surface area (Å²) in [5.41, 5.74) is 7.43. The Morgan fingerprint density at radius 1 is 1.21 bits per heavy atom. The lowest BCUT2D eigenvalue weighted by atomic mass is 9.95. The number of ether oxygens (including phenoxy) is 1. The lowest BCUT2D eigenvalue weighted by molar-refractivity contribution is -0.132. The molecule has 0 unspecified atom stereocenters. The fourth-order valence-corrected chi connectivity index (χ4v) is 2.66. The molecule has 0 aromatic heterocycles. The van der Waals surface area contributed by atoms with Crippen LogP contribution in [0.4, 0.5) is 0 Å². The minimum absolute atomic E-state index is 0.338. The van der Waals surface area contributed by atoms with Gasteiger partial charge < -0.3 is 15.8 Å². The molecule has 148 valence electrons. The van der Waals surface area contributed by atoms with E-state index in [4.69, 9.17) is 15.7 Å². The van der Waals surface area contributed by atoms with Crippen LogP contribution in [0.1, 0.15) is 42.6 Å². The van der Waals surface area contributed by atoms with Crippen molar-refractivity contribution in [3.8, 4) is 23.7 Å². The summed E-state index contributed by atoms with van der Waals surface area (Å²) < 4.78 is 5.29. The predicted octanol–water partition coefficient (Wildman–Crippen LogP) is 0.809. The zero-order chi connectivity index (χ0) is 20.6. The topological polar surface area (TPSA) is 114 Å². The first-order valence-electron chi connectivity index (χ1n) is 9.04. The molecule has 0 spiro atoms. The molecule has 1 aliphatic heterocycles. The zero-order valence-corrected chi connectivity index (χ0v) is 16.0. The highest BCUT2D eigenvalue weighted by molar-refractivity contribution is 5.97. The van der Waals surface area contributed by atoms with E-state index in [-0.39, 0.29) is 0 Å². The van der Waals surface area contributed by atoms with Gasteiger partial charge in [-0.15, -0.1) is 0 Å². The number of carbonyl (C=O) groups is 2. The maximum absolute atomic E-state index is 12.4. The largest absolute Gasteiger partial charge is 0.381 e. The number of rotatable bonds is 4. The van der Waals surface area contributed by atoms with Crippen molar-refractivity contribution in [1.29, 1.82) is 0 Å². The van der Waals surface area contributed by atoms with E-state index in [0.717, 1.165) is 31.6 Å². The van der Waals surface area contributed by atoms with E-state index in [2.05, 4.69) is 29.0 Å². The monoisotopic (exact) mass is 383 g/mol. The molecular weight excluding hydrogens is 358 g/mol. The summed E-state index contributed by atoms with van der Waals surface area (Å²) in [4.78, 5) is 24.1. The summed E-state index contributed by atoms with van der Waals surface area (Å²) in [5.74, 6) is 10.8. The van der Waals surface area contributed by atoms with Gasteiger partial charge in [0.1, 0.15) is 6.04 Å². The van der Waals surface area contributed by atoms with Crippen molar-refractivity contribution in [1.82, 2.24) is 10.8 Å². The molecule has 28 heavy (non-hydrogen) atoms. The third kappa shape index (κ3) is 6.40. The van der Waals surface area contributed by atoms with Crippen LogP contribution >= 0.6 is 0 Å². The van der Waals surface area contributed by atoms with Crippen LogP contribution in [0.25, 0.3) is 0 Å². The first-order valence-corrected chi connectivity index (χ1v) is 9.04. The Morgan fingerprint density at radius 3 is 2.43 bits per heavy atom. The van der Waals surface area contributed by atoms with Crippen LogP contribution < -0.4 is 16.5 Å². The molecule has 7 heteroatoms. The first-order chi connectivity index (χ1) is 13.3. The summed E-state index contributed by atoms with van der Waals surface area (Å²) in [6.07, 6.45) is 1.88. The second-order valence-electron chi connectivity index (χ2n) is 7.19. The average molecular weight is 383 g/mol. The van der Waals surface area contributed by atoms with Gasteiger partial charge in [-0.05, 0) is 62.8 Å². The summed E-state index contributed by atoms with van der Waals surface area (Å²) in [6, 6.07) is 5.51. The molecule has 1 aromatic rings. The molecular formula is C21H25N3O4. The van der Waals surface area contributed by atoms with Crippen LogP contribution in [0.3, 0.4) is 0 Å². The van der Waals surface area contributed by atoms with E-state index in [1.54, 1.807) is 38.1 Å². The van der Waals surface area contributed by atoms with E-state index in [1.165, 1.54) is 5.48 Å². The minimum atomic E-state index is -1.09. The number of hydroxylamine groups is 1. The van der Waals surface area contributed by atoms with Crippen molar-refractivity contribution in [2.45, 2.75) is 38.3 Å². The molecule has 0 aliphatic carbocycles. The van der Waals surface area contributed by atoms with Gasteiger partial charge in [0, 0.05) is 35.8 Å². The van der Waals surface area contributed by atoms with Crippen molar-refractivity contribution in [2.75, 3.05) is 13.2 Å². The third-order valence-electron chi connectivity index (χ3n) is 4.31. The molecule has 0 radical (unpaired) electrons. The Bertz CT molecular complexity index is 814. The fraction of sp³-hybridized carbons (Fsp3) is 0.429. The van der Waals surface area contributed by atoms with E-state index in [1.807, 2.05) is 0 Å². The minimum Gasteiger partial charge on any atom is -0.381 e. The molecule has 1 aromatic carbocycles. The van der Waals surface area contributed by atoms with Gasteiger partial charge in [-0.1, -0.05) is 11.8 Å². The van der Waals surface area contributed by atoms with Gasteiger partial charge in [-0.25, -0.2) is 5.48 Å². The number of amides is 2. The van der Waals surface area contributed by atoms with Gasteiger partial charge in [-0.3, -0.25) is 14.8 Å². The van der Waals surface area contributed by atoms with E-state index in [0.29, 0.717) is 11.5 Å². The maximum atomic E-state index is 12.4. The van der Waals surface area contributed by atoms with E-state index >= 15 is 0 Å². The van der Waals surface area contributed by atoms with Crippen molar-refractivity contribution in [2.24, 2.45) is 11.7 Å². The number of nitrogens with one attached hydrogen (secondary N) is 2. The van der Waals surface area contributed by atoms with Crippen LogP contribution in [-0.2, 0) is 9.53 Å². The Labute approximate surface area is 165 Å². The lowest BCUT2D eigenvalue weighted by Gasteiger charge is -2.29. The van der Waals surface area contributed by atoms with Crippen LogP contribution in [0, 0.1) is 29.6 Å². The van der Waals surface area contributed by atoms with Gasteiger partial charge in [0.25, 0.3) is 11.8 Å². The van der Waals surface area contributed by atoms with Crippen LogP contribution in [0.5, 0.6) is 0 Å². The van der Waals surface area contributed by atoms with Crippen LogP contribution in [-0.4, -0.2) is 41.8 Å². The van der Waals surface area contributed by atoms with Crippen molar-refractivity contribution in [3.63, 3.8) is 0 Å². The second kappa shape index (κ2) is 9.91. The molecule has 5 N–H and O–H groups in total. The van der Waals surface area contributed by atoms with E-state index in [9.17, 15) is 9.59 Å². The Hall–Kier alpha value is -2.84. The van der Waals surface area contributed by atoms with Crippen molar-refractivity contribution < 1.29 is 19.5 Å². The average Bonchev–Trinajstić information content (AvgIpc) is 2.69. The highest BCUT2D eigenvalue weighted by Gasteiger charge is 2.33. The Kier molecular flexibility index (Phi) is 7.60. The smallest absolute Gasteiger partial charge is 0.267 e. The molecule has 1 saturated heterocycles. The quantitative estimate of drug-likeness (QED) is 0.349. The molecule has 0 bridgehead atoms. The van der Waals surface area contributed by atoms with Gasteiger partial charge >= 0.3 is 0 Å². The summed E-state index contributed by atoms with van der Waals surface area (Å²) >= 11 is 0. The molecule has 1 heterocycles. The van der Waals surface area contributed by atoms with Crippen molar-refractivity contribution in [3.05, 3.63) is 35.4 Å². The van der Waals surface area contributed by atoms with Crippen LogP contribution in [0.2, 0.25) is 0 Å². The number of nitrogens with two attached hydrogens (primary N) is 1. The van der Waals surface area contributed by atoms with Gasteiger partial charge in [0.05, 0.1) is 0 Å². The van der Waals surface area contributed by atoms with E-state index < -0.39 is 23.4 Å². The van der Waals surface area contributed by atoms with Crippen LogP contribution in [0.15, 0.2) is 24.3 Å². The molecule has 1 fully saturated rings. The number of hydrogen-bond donors (Lipinski definition) is 4. The number of hydrogen-bond acceptors (Lipinski definition) is 5. The normalized spacial score (nSPS) is 15.3. The number of carbonyl (C=O) groups excluding carboxylic acids is 2. The lowest BCUT2D eigenvalue weighted by Crippen LogP contribution is -2.61. The highest BCUT2D eigenvalue weighted by atomic mass is 16.5. The molecule has 0 saturated carbocycles. The molecule has 1 atom stereocenters. The first kappa shape index (κ1) is 21.5. The number of benzene rings is 1. The Balaban J connectivity index is 2.00. The predicted molar refractivity (Wildman–Crippen MR) is 104 cm³/mol. The molecule has 2 rings (SSSR count). The van der Waals surface area contributed by atoms with Gasteiger partial charge in [0.15, 0.2) is 0 Å². The van der Waals surface area contributed by atoms with Crippen molar-refractivity contribution >= 4 is 11.8 Å². The zero-order valence-electron chi connectivity index (χ0n) is 16.0. The van der Waals surface area contributed by atoms with Gasteiger partial charge in [0.2, 0.25) is 0 Å².